The number of hydrogen-bond acceptors (Lipinski definition) is 6. The van der Waals surface area contributed by atoms with Crippen molar-refractivity contribution >= 4 is 62.9 Å². The fraction of sp³-hybridized carbons (Fsp3) is 0.214. The van der Waals surface area contributed by atoms with Crippen LogP contribution in [0.2, 0.25) is 0 Å². The Kier molecular flexibility index (Phi) is 7.93. The van der Waals surface area contributed by atoms with Crippen LogP contribution in [0.5, 0.6) is 5.75 Å². The number of carbonyl (C=O) groups is 1. The molecule has 2 aliphatic rings. The summed E-state index contributed by atoms with van der Waals surface area (Å²) in [6.07, 6.45) is 1.91. The normalized spacial score (nSPS) is 18.3. The van der Waals surface area contributed by atoms with Gasteiger partial charge < -0.3 is 14.4 Å². The molecule has 0 bridgehead atoms. The second kappa shape index (κ2) is 11.5. The SMILES string of the molecule is CN1C(=O)/C(=C/c2ccc(OCc3ccccc3)c(I)c2)SC1=Nc1ccc(N2CCOCC2)cc1. The average Bonchev–Trinajstić information content (AvgIpc) is 3.17. The lowest BCUT2D eigenvalue weighted by atomic mass is 10.2. The molecule has 0 radical (unpaired) electrons. The minimum atomic E-state index is -0.0527. The minimum absolute atomic E-state index is 0.0527. The van der Waals surface area contributed by atoms with Crippen LogP contribution in [0.1, 0.15) is 11.1 Å². The van der Waals surface area contributed by atoms with Gasteiger partial charge in [0.05, 0.1) is 27.4 Å². The van der Waals surface area contributed by atoms with Crippen molar-refractivity contribution in [2.24, 2.45) is 4.99 Å². The molecule has 1 amide bonds. The molecule has 6 nitrogen and oxygen atoms in total. The highest BCUT2D eigenvalue weighted by atomic mass is 127. The van der Waals surface area contributed by atoms with Gasteiger partial charge in [-0.1, -0.05) is 36.4 Å². The predicted octanol–water partition coefficient (Wildman–Crippen LogP) is 5.94. The monoisotopic (exact) mass is 611 g/mol. The Bertz CT molecular complexity index is 1290. The highest BCUT2D eigenvalue weighted by Crippen LogP contribution is 2.34. The molecular weight excluding hydrogens is 585 g/mol. The first-order valence-electron chi connectivity index (χ1n) is 11.7. The summed E-state index contributed by atoms with van der Waals surface area (Å²) in [7, 11) is 1.77. The Labute approximate surface area is 229 Å². The van der Waals surface area contributed by atoms with Crippen LogP contribution in [0.3, 0.4) is 0 Å². The number of ether oxygens (including phenoxy) is 2. The van der Waals surface area contributed by atoms with E-state index in [-0.39, 0.29) is 5.91 Å². The van der Waals surface area contributed by atoms with Gasteiger partial charge in [0.25, 0.3) is 5.91 Å². The van der Waals surface area contributed by atoms with Crippen LogP contribution in [0.4, 0.5) is 11.4 Å². The lowest BCUT2D eigenvalue weighted by Gasteiger charge is -2.28. The molecule has 2 aliphatic heterocycles. The zero-order chi connectivity index (χ0) is 24.9. The summed E-state index contributed by atoms with van der Waals surface area (Å²) in [6.45, 7) is 3.82. The fourth-order valence-electron chi connectivity index (χ4n) is 3.93. The van der Waals surface area contributed by atoms with Crippen molar-refractivity contribution in [2.45, 2.75) is 6.61 Å². The number of amides is 1. The van der Waals surface area contributed by atoms with Crippen molar-refractivity contribution < 1.29 is 14.3 Å². The molecule has 0 spiro atoms. The van der Waals surface area contributed by atoms with E-state index in [1.54, 1.807) is 11.9 Å². The molecule has 0 N–H and O–H groups in total. The second-order valence-corrected chi connectivity index (χ2v) is 10.6. The summed E-state index contributed by atoms with van der Waals surface area (Å²) in [5.41, 5.74) is 4.06. The molecule has 8 heteroatoms. The van der Waals surface area contributed by atoms with Crippen molar-refractivity contribution in [3.8, 4) is 5.75 Å². The van der Waals surface area contributed by atoms with Crippen LogP contribution in [-0.4, -0.2) is 49.3 Å². The van der Waals surface area contributed by atoms with E-state index in [2.05, 4.69) is 39.6 Å². The summed E-state index contributed by atoms with van der Waals surface area (Å²) in [5.74, 6) is 0.773. The number of likely N-dealkylation sites (N-methyl/N-ethyl adjacent to an activating group) is 1. The summed E-state index contributed by atoms with van der Waals surface area (Å²) < 4.78 is 12.4. The van der Waals surface area contributed by atoms with E-state index in [9.17, 15) is 4.79 Å². The largest absolute Gasteiger partial charge is 0.488 e. The summed E-state index contributed by atoms with van der Waals surface area (Å²) in [4.78, 5) is 22.2. The number of amidine groups is 1. The van der Waals surface area contributed by atoms with Crippen LogP contribution in [0.15, 0.2) is 82.7 Å². The van der Waals surface area contributed by atoms with E-state index in [1.165, 1.54) is 11.8 Å². The molecule has 0 aromatic heterocycles. The first-order chi connectivity index (χ1) is 17.6. The summed E-state index contributed by atoms with van der Waals surface area (Å²) in [6, 6.07) is 24.2. The molecule has 2 heterocycles. The van der Waals surface area contributed by atoms with Gasteiger partial charge in [-0.2, -0.15) is 0 Å². The van der Waals surface area contributed by atoms with Crippen molar-refractivity contribution in [3.63, 3.8) is 0 Å². The van der Waals surface area contributed by atoms with Gasteiger partial charge in [0.1, 0.15) is 12.4 Å². The molecule has 36 heavy (non-hydrogen) atoms. The molecule has 2 fully saturated rings. The van der Waals surface area contributed by atoms with Crippen molar-refractivity contribution in [3.05, 3.63) is 92.4 Å². The van der Waals surface area contributed by atoms with E-state index < -0.39 is 0 Å². The van der Waals surface area contributed by atoms with Crippen molar-refractivity contribution in [1.29, 1.82) is 0 Å². The van der Waals surface area contributed by atoms with Crippen LogP contribution in [-0.2, 0) is 16.1 Å². The summed E-state index contributed by atoms with van der Waals surface area (Å²) >= 11 is 3.67. The van der Waals surface area contributed by atoms with E-state index in [0.717, 1.165) is 58.1 Å². The van der Waals surface area contributed by atoms with Crippen LogP contribution < -0.4 is 9.64 Å². The topological polar surface area (TPSA) is 54.4 Å². The fourth-order valence-corrected chi connectivity index (χ4v) is 5.61. The maximum atomic E-state index is 12.9. The van der Waals surface area contributed by atoms with Gasteiger partial charge in [0.2, 0.25) is 0 Å². The van der Waals surface area contributed by atoms with E-state index in [0.29, 0.717) is 16.7 Å². The van der Waals surface area contributed by atoms with Gasteiger partial charge in [-0.15, -0.1) is 0 Å². The molecule has 0 unspecified atom stereocenters. The maximum absolute atomic E-state index is 12.9. The van der Waals surface area contributed by atoms with Gasteiger partial charge in [0, 0.05) is 25.8 Å². The number of anilines is 1. The van der Waals surface area contributed by atoms with E-state index >= 15 is 0 Å². The first-order valence-corrected chi connectivity index (χ1v) is 13.6. The van der Waals surface area contributed by atoms with Gasteiger partial charge in [-0.25, -0.2) is 4.99 Å². The molecule has 0 atom stereocenters. The Morgan fingerprint density at radius 2 is 1.81 bits per heavy atom. The van der Waals surface area contributed by atoms with Gasteiger partial charge in [0.15, 0.2) is 5.17 Å². The highest BCUT2D eigenvalue weighted by Gasteiger charge is 2.30. The highest BCUT2D eigenvalue weighted by molar-refractivity contribution is 14.1. The Balaban J connectivity index is 1.27. The molecule has 3 aromatic carbocycles. The lowest BCUT2D eigenvalue weighted by Crippen LogP contribution is -2.36. The average molecular weight is 612 g/mol. The number of carbonyl (C=O) groups excluding carboxylic acids is 1. The van der Waals surface area contributed by atoms with Crippen molar-refractivity contribution in [2.75, 3.05) is 38.3 Å². The molecule has 184 valence electrons. The number of aliphatic imine (C=N–C) groups is 1. The first kappa shape index (κ1) is 24.9. The van der Waals surface area contributed by atoms with Crippen LogP contribution in [0.25, 0.3) is 6.08 Å². The third-order valence-electron chi connectivity index (χ3n) is 5.95. The van der Waals surface area contributed by atoms with E-state index in [4.69, 9.17) is 14.5 Å². The van der Waals surface area contributed by atoms with Crippen molar-refractivity contribution in [1.82, 2.24) is 4.90 Å². The zero-order valence-corrected chi connectivity index (χ0v) is 22.9. The molecule has 5 rings (SSSR count). The zero-order valence-electron chi connectivity index (χ0n) is 19.9. The Hall–Kier alpha value is -2.82. The number of thioether (sulfide) groups is 1. The van der Waals surface area contributed by atoms with Gasteiger partial charge in [-0.05, 0) is 88.0 Å². The molecule has 0 saturated carbocycles. The lowest BCUT2D eigenvalue weighted by molar-refractivity contribution is -0.121. The van der Waals surface area contributed by atoms with Gasteiger partial charge in [-0.3, -0.25) is 9.69 Å². The predicted molar refractivity (Wildman–Crippen MR) is 155 cm³/mol. The van der Waals surface area contributed by atoms with Crippen LogP contribution >= 0.6 is 34.4 Å². The number of rotatable bonds is 6. The number of hydrogen-bond donors (Lipinski definition) is 0. The number of benzene rings is 3. The van der Waals surface area contributed by atoms with Gasteiger partial charge >= 0.3 is 0 Å². The number of halogens is 1. The number of morpholine rings is 1. The number of nitrogens with zero attached hydrogens (tertiary/aromatic N) is 3. The maximum Gasteiger partial charge on any atom is 0.266 e. The second-order valence-electron chi connectivity index (χ2n) is 8.45. The standard InChI is InChI=1S/C28H26IN3O3S/c1-31-27(33)26(18-21-7-12-25(24(29)17-21)35-19-20-5-3-2-4-6-20)36-28(31)30-22-8-10-23(11-9-22)32-13-15-34-16-14-32/h2-12,17-18H,13-16,19H2,1H3/b26-18-,30-28?. The quantitative estimate of drug-likeness (QED) is 0.255. The summed E-state index contributed by atoms with van der Waals surface area (Å²) in [5, 5.41) is 0.669. The third kappa shape index (κ3) is 5.93. The Morgan fingerprint density at radius 1 is 1.06 bits per heavy atom. The van der Waals surface area contributed by atoms with E-state index in [1.807, 2.05) is 66.7 Å². The molecular formula is C28H26IN3O3S. The third-order valence-corrected chi connectivity index (χ3v) is 7.85. The smallest absolute Gasteiger partial charge is 0.266 e. The minimum Gasteiger partial charge on any atom is -0.488 e. The molecule has 2 saturated heterocycles. The molecule has 0 aliphatic carbocycles. The van der Waals surface area contributed by atoms with Crippen LogP contribution in [0, 0.1) is 3.57 Å². The molecule has 3 aromatic rings. The Morgan fingerprint density at radius 3 is 2.53 bits per heavy atom.